The van der Waals surface area contributed by atoms with Crippen molar-refractivity contribution in [2.75, 3.05) is 13.0 Å². The average Bonchev–Trinajstić information content (AvgIpc) is 3.33. The minimum absolute atomic E-state index is 0.0184. The van der Waals surface area contributed by atoms with Gasteiger partial charge in [0.15, 0.2) is 11.5 Å². The van der Waals surface area contributed by atoms with E-state index >= 15 is 0 Å². The molecule has 1 saturated carbocycles. The van der Waals surface area contributed by atoms with E-state index in [-0.39, 0.29) is 54.9 Å². The zero-order chi connectivity index (χ0) is 29.0. The van der Waals surface area contributed by atoms with Gasteiger partial charge in [-0.25, -0.2) is 0 Å². The van der Waals surface area contributed by atoms with E-state index in [0.29, 0.717) is 36.4 Å². The molecule has 4 aliphatic rings. The second-order valence-corrected chi connectivity index (χ2v) is 15.0. The van der Waals surface area contributed by atoms with Crippen molar-refractivity contribution in [1.82, 2.24) is 0 Å². The highest BCUT2D eigenvalue weighted by molar-refractivity contribution is 7.54. The van der Waals surface area contributed by atoms with Gasteiger partial charge in [0, 0.05) is 36.7 Å². The number of Topliss-reactive ketones (excluding diaryl/α,β-unsaturated/α-hetero) is 2. The molecule has 1 N–H and O–H groups in total. The number of ketones is 2. The molecule has 6 unspecified atom stereocenters. The van der Waals surface area contributed by atoms with Crippen LogP contribution in [0.2, 0.25) is 0 Å². The van der Waals surface area contributed by atoms with Crippen LogP contribution in [0.25, 0.3) is 0 Å². The smallest absolute Gasteiger partial charge is 0.360 e. The summed E-state index contributed by atoms with van der Waals surface area (Å²) in [4.78, 5) is 25.8. The highest BCUT2D eigenvalue weighted by Crippen LogP contribution is 2.72. The first kappa shape index (κ1) is 30.2. The van der Waals surface area contributed by atoms with E-state index in [1.165, 1.54) is 0 Å². The lowest BCUT2D eigenvalue weighted by Crippen LogP contribution is -2.32. The Morgan fingerprint density at radius 1 is 1.07 bits per heavy atom. The van der Waals surface area contributed by atoms with Gasteiger partial charge >= 0.3 is 7.80 Å². The van der Waals surface area contributed by atoms with Gasteiger partial charge in [-0.1, -0.05) is 61.6 Å². The fourth-order valence-corrected chi connectivity index (χ4v) is 9.40. The average molecular weight is 582 g/mol. The molecule has 0 spiro atoms. The predicted molar refractivity (Wildman–Crippen MR) is 161 cm³/mol. The number of aliphatic hydroxyl groups excluding tert-OH is 1. The van der Waals surface area contributed by atoms with Gasteiger partial charge in [0.25, 0.3) is 0 Å². The molecule has 2 aliphatic carbocycles. The molecule has 41 heavy (non-hydrogen) atoms. The molecule has 6 atom stereocenters. The van der Waals surface area contributed by atoms with Gasteiger partial charge in [0.05, 0.1) is 6.10 Å². The molecule has 0 bridgehead atoms. The topological polar surface area (TPSA) is 89.9 Å². The van der Waals surface area contributed by atoms with Crippen LogP contribution in [-0.4, -0.2) is 35.7 Å². The van der Waals surface area contributed by atoms with Crippen molar-refractivity contribution in [3.8, 4) is 11.5 Å². The van der Waals surface area contributed by atoms with E-state index in [2.05, 4.69) is 26.0 Å². The summed E-state index contributed by atoms with van der Waals surface area (Å²) in [7, 11) is -1.45. The molecule has 0 aromatic heterocycles. The molecule has 1 aromatic rings. The SMILES string of the molecule is CC(C)CC(CC(O)C(CC(=O)CCC(=O)C1CCCC1)CC1C=CC=CC1)C1(c2ccc3c(c2)OCO3)C[P+]1=O. The molecule has 6 nitrogen and oxygen atoms in total. The Bertz CT molecular complexity index is 1180. The van der Waals surface area contributed by atoms with Gasteiger partial charge in [-0.15, -0.1) is 0 Å². The molecule has 0 radical (unpaired) electrons. The molecule has 0 amide bonds. The standard InChI is InChI=1S/C34H46O6P/c1-23(2)16-28(34(21-41(34)38)27-12-15-32-33(20-27)40-22-39-32)19-31(37)26(17-24-8-4-3-5-9-24)18-29(35)13-14-30(36)25-10-6-7-11-25/h3-5,8,12,15,20,23-26,28,31,37H,6-7,9-11,13-14,16-19,21-22H2,1-2H3/q+1. The zero-order valence-corrected chi connectivity index (χ0v) is 25.5. The van der Waals surface area contributed by atoms with E-state index in [1.54, 1.807) is 0 Å². The third-order valence-electron chi connectivity index (χ3n) is 9.73. The maximum Gasteiger partial charge on any atom is 0.360 e. The van der Waals surface area contributed by atoms with Gasteiger partial charge in [-0.2, -0.15) is 0 Å². The summed E-state index contributed by atoms with van der Waals surface area (Å²) < 4.78 is 24.5. The molecule has 5 rings (SSSR count). The molecular weight excluding hydrogens is 535 g/mol. The lowest BCUT2D eigenvalue weighted by molar-refractivity contribution is -0.127. The Morgan fingerprint density at radius 3 is 2.51 bits per heavy atom. The first-order valence-corrected chi connectivity index (χ1v) is 17.1. The van der Waals surface area contributed by atoms with Gasteiger partial charge in [-0.05, 0) is 68.4 Å². The second-order valence-electron chi connectivity index (χ2n) is 13.2. The van der Waals surface area contributed by atoms with Crippen LogP contribution in [0.3, 0.4) is 0 Å². The number of ether oxygens (including phenoxy) is 2. The van der Waals surface area contributed by atoms with E-state index in [4.69, 9.17) is 9.47 Å². The Balaban J connectivity index is 1.31. The fourth-order valence-electron chi connectivity index (χ4n) is 7.37. The van der Waals surface area contributed by atoms with Gasteiger partial charge < -0.3 is 14.6 Å². The molecule has 1 aromatic carbocycles. The van der Waals surface area contributed by atoms with Crippen molar-refractivity contribution in [2.24, 2.45) is 29.6 Å². The van der Waals surface area contributed by atoms with Crippen LogP contribution in [-0.2, 0) is 19.3 Å². The molecular formula is C34H46O6P+. The highest BCUT2D eigenvalue weighted by Gasteiger charge is 2.74. The lowest BCUT2D eigenvalue weighted by atomic mass is 9.74. The quantitative estimate of drug-likeness (QED) is 0.216. The van der Waals surface area contributed by atoms with E-state index < -0.39 is 19.1 Å². The van der Waals surface area contributed by atoms with Crippen molar-refractivity contribution in [3.05, 3.63) is 48.1 Å². The fraction of sp³-hybridized carbons (Fsp3) is 0.647. The van der Waals surface area contributed by atoms with Crippen molar-refractivity contribution in [1.29, 1.82) is 0 Å². The van der Waals surface area contributed by atoms with Crippen molar-refractivity contribution in [3.63, 3.8) is 0 Å². The molecule has 222 valence electrons. The summed E-state index contributed by atoms with van der Waals surface area (Å²) in [5.41, 5.74) is 0.999. The van der Waals surface area contributed by atoms with Crippen LogP contribution in [0.4, 0.5) is 0 Å². The number of hydrogen-bond acceptors (Lipinski definition) is 6. The number of hydrogen-bond donors (Lipinski definition) is 1. The first-order valence-electron chi connectivity index (χ1n) is 15.7. The van der Waals surface area contributed by atoms with E-state index in [9.17, 15) is 19.3 Å². The summed E-state index contributed by atoms with van der Waals surface area (Å²) in [5.74, 6) is 2.29. The number of aliphatic hydroxyl groups is 1. The third-order valence-corrected chi connectivity index (χ3v) is 11.8. The Labute approximate surface area is 245 Å². The number of carbonyl (C=O) groups excluding carboxylic acids is 2. The van der Waals surface area contributed by atoms with Crippen molar-refractivity contribution < 1.29 is 28.7 Å². The monoisotopic (exact) mass is 581 g/mol. The van der Waals surface area contributed by atoms with Gasteiger partial charge in [0.1, 0.15) is 11.6 Å². The summed E-state index contributed by atoms with van der Waals surface area (Å²) in [5, 5.41) is 11.3. The van der Waals surface area contributed by atoms with Crippen molar-refractivity contribution in [2.45, 2.75) is 95.7 Å². The Morgan fingerprint density at radius 2 is 1.83 bits per heavy atom. The first-order chi connectivity index (χ1) is 19.8. The summed E-state index contributed by atoms with van der Waals surface area (Å²) in [6, 6.07) is 5.89. The van der Waals surface area contributed by atoms with E-state index in [0.717, 1.165) is 50.5 Å². The highest BCUT2D eigenvalue weighted by atomic mass is 31.1. The molecule has 7 heteroatoms. The maximum absolute atomic E-state index is 13.3. The van der Waals surface area contributed by atoms with Crippen molar-refractivity contribution >= 4 is 19.4 Å². The van der Waals surface area contributed by atoms with Crippen LogP contribution in [0.15, 0.2) is 42.5 Å². The second kappa shape index (κ2) is 13.3. The third kappa shape index (κ3) is 7.20. The molecule has 2 aliphatic heterocycles. The van der Waals surface area contributed by atoms with Crippen LogP contribution in [0.5, 0.6) is 11.5 Å². The maximum atomic E-state index is 13.3. The molecule has 2 fully saturated rings. The molecule has 1 saturated heterocycles. The summed E-state index contributed by atoms with van der Waals surface area (Å²) >= 11 is 0. The molecule has 2 heterocycles. The Kier molecular flexibility index (Phi) is 9.81. The lowest BCUT2D eigenvalue weighted by Gasteiger charge is -2.30. The minimum Gasteiger partial charge on any atom is -0.454 e. The van der Waals surface area contributed by atoms with Crippen LogP contribution in [0, 0.1) is 29.6 Å². The van der Waals surface area contributed by atoms with Gasteiger partial charge in [-0.3, -0.25) is 9.59 Å². The Hall–Kier alpha value is -2.30. The largest absolute Gasteiger partial charge is 0.454 e. The number of allylic oxidation sites excluding steroid dienone is 4. The minimum atomic E-state index is -1.45. The number of benzene rings is 1. The number of fused-ring (bicyclic) bond motifs is 1. The van der Waals surface area contributed by atoms with Crippen LogP contribution in [0.1, 0.15) is 90.0 Å². The van der Waals surface area contributed by atoms with Gasteiger partial charge in [0.2, 0.25) is 18.1 Å². The zero-order valence-electron chi connectivity index (χ0n) is 24.6. The predicted octanol–water partition coefficient (Wildman–Crippen LogP) is 7.50. The number of rotatable bonds is 15. The summed E-state index contributed by atoms with van der Waals surface area (Å²) in [6.45, 7) is 4.53. The summed E-state index contributed by atoms with van der Waals surface area (Å²) in [6.07, 6.45) is 16.3. The number of carbonyl (C=O) groups is 2. The van der Waals surface area contributed by atoms with E-state index in [1.807, 2.05) is 30.4 Å². The normalized spacial score (nSPS) is 26.3. The van der Waals surface area contributed by atoms with Crippen LogP contribution >= 0.6 is 7.80 Å². The van der Waals surface area contributed by atoms with Crippen LogP contribution < -0.4 is 9.47 Å².